The van der Waals surface area contributed by atoms with Crippen molar-refractivity contribution in [1.29, 1.82) is 0 Å². The molecule has 0 spiro atoms. The van der Waals surface area contributed by atoms with E-state index >= 15 is 0 Å². The van der Waals surface area contributed by atoms with Crippen LogP contribution in [0.1, 0.15) is 26.2 Å². The maximum Gasteiger partial charge on any atom is 0.228 e. The van der Waals surface area contributed by atoms with Gasteiger partial charge in [0.2, 0.25) is 11.0 Å². The minimum absolute atomic E-state index is 0.130. The standard InChI is InChI=1S/C8H11N3OS2/c1-2-6(12)11(5-3-4-5)7-9-10-8(13)14-7/h5H,2-4H2,1H3,(H,10,13). The number of nitrogens with zero attached hydrogens (tertiary/aromatic N) is 2. The molecule has 1 heterocycles. The van der Waals surface area contributed by atoms with Crippen LogP contribution in [-0.2, 0) is 4.79 Å². The molecule has 2 rings (SSSR count). The van der Waals surface area contributed by atoms with E-state index in [-0.39, 0.29) is 5.91 Å². The molecule has 76 valence electrons. The topological polar surface area (TPSA) is 49.0 Å². The summed E-state index contributed by atoms with van der Waals surface area (Å²) in [5.41, 5.74) is 0. The van der Waals surface area contributed by atoms with Gasteiger partial charge in [0.25, 0.3) is 0 Å². The fourth-order valence-electron chi connectivity index (χ4n) is 1.29. The maximum absolute atomic E-state index is 11.6. The summed E-state index contributed by atoms with van der Waals surface area (Å²) in [4.78, 5) is 13.4. The molecular formula is C8H11N3OS2. The first kappa shape index (κ1) is 9.79. The second kappa shape index (κ2) is 3.78. The Balaban J connectivity index is 2.26. The largest absolute Gasteiger partial charge is 0.284 e. The van der Waals surface area contributed by atoms with E-state index in [4.69, 9.17) is 12.2 Å². The van der Waals surface area contributed by atoms with Crippen LogP contribution >= 0.6 is 23.6 Å². The second-order valence-electron chi connectivity index (χ2n) is 3.24. The fraction of sp³-hybridized carbons (Fsp3) is 0.625. The first-order valence-electron chi connectivity index (χ1n) is 4.60. The molecule has 1 aliphatic rings. The van der Waals surface area contributed by atoms with E-state index in [1.807, 2.05) is 6.92 Å². The molecule has 1 aromatic rings. The Hall–Kier alpha value is -0.750. The Bertz CT molecular complexity index is 393. The Morgan fingerprint density at radius 2 is 2.50 bits per heavy atom. The molecule has 4 nitrogen and oxygen atoms in total. The zero-order valence-electron chi connectivity index (χ0n) is 7.82. The predicted molar refractivity (Wildman–Crippen MR) is 58.1 cm³/mol. The van der Waals surface area contributed by atoms with Gasteiger partial charge in [-0.15, -0.1) is 5.10 Å². The molecular weight excluding hydrogens is 218 g/mol. The van der Waals surface area contributed by atoms with Gasteiger partial charge in [0, 0.05) is 12.5 Å². The van der Waals surface area contributed by atoms with Crippen LogP contribution in [0.5, 0.6) is 0 Å². The lowest BCUT2D eigenvalue weighted by Gasteiger charge is -2.17. The van der Waals surface area contributed by atoms with Gasteiger partial charge in [-0.2, -0.15) is 0 Å². The summed E-state index contributed by atoms with van der Waals surface area (Å²) in [5.74, 6) is 0.130. The van der Waals surface area contributed by atoms with E-state index < -0.39 is 0 Å². The van der Waals surface area contributed by atoms with Crippen molar-refractivity contribution in [2.45, 2.75) is 32.2 Å². The predicted octanol–water partition coefficient (Wildman–Crippen LogP) is 2.11. The van der Waals surface area contributed by atoms with E-state index in [0.29, 0.717) is 21.5 Å². The van der Waals surface area contributed by atoms with Crippen molar-refractivity contribution < 1.29 is 4.79 Å². The van der Waals surface area contributed by atoms with Crippen molar-refractivity contribution in [2.24, 2.45) is 0 Å². The highest BCUT2D eigenvalue weighted by molar-refractivity contribution is 7.73. The minimum atomic E-state index is 0.130. The third-order valence-corrected chi connectivity index (χ3v) is 3.20. The lowest BCUT2D eigenvalue weighted by Crippen LogP contribution is -2.32. The van der Waals surface area contributed by atoms with Crippen LogP contribution < -0.4 is 4.90 Å². The Morgan fingerprint density at radius 1 is 1.79 bits per heavy atom. The zero-order valence-corrected chi connectivity index (χ0v) is 9.45. The van der Waals surface area contributed by atoms with Crippen LogP contribution in [0.4, 0.5) is 5.13 Å². The summed E-state index contributed by atoms with van der Waals surface area (Å²) in [6.07, 6.45) is 2.68. The van der Waals surface area contributed by atoms with E-state index in [1.54, 1.807) is 4.90 Å². The number of hydrogen-bond acceptors (Lipinski definition) is 4. The monoisotopic (exact) mass is 229 g/mol. The molecule has 0 atom stereocenters. The molecule has 1 saturated carbocycles. The number of hydrogen-bond donors (Lipinski definition) is 1. The minimum Gasteiger partial charge on any atom is -0.284 e. The van der Waals surface area contributed by atoms with E-state index in [1.165, 1.54) is 11.3 Å². The summed E-state index contributed by atoms with van der Waals surface area (Å²) >= 11 is 6.31. The van der Waals surface area contributed by atoms with Gasteiger partial charge < -0.3 is 0 Å². The van der Waals surface area contributed by atoms with Crippen molar-refractivity contribution in [3.63, 3.8) is 0 Å². The summed E-state index contributed by atoms with van der Waals surface area (Å²) in [5, 5.41) is 7.45. The first-order valence-corrected chi connectivity index (χ1v) is 5.82. The van der Waals surface area contributed by atoms with Crippen LogP contribution in [0.15, 0.2) is 0 Å². The van der Waals surface area contributed by atoms with E-state index in [2.05, 4.69) is 10.2 Å². The van der Waals surface area contributed by atoms with Gasteiger partial charge in [0.05, 0.1) is 0 Å². The fourth-order valence-corrected chi connectivity index (χ4v) is 2.26. The number of rotatable bonds is 3. The average molecular weight is 229 g/mol. The molecule has 1 aliphatic carbocycles. The van der Waals surface area contributed by atoms with Crippen LogP contribution in [0, 0.1) is 3.95 Å². The van der Waals surface area contributed by atoms with Crippen molar-refractivity contribution in [3.8, 4) is 0 Å². The highest BCUT2D eigenvalue weighted by Gasteiger charge is 2.34. The lowest BCUT2D eigenvalue weighted by molar-refractivity contribution is -0.118. The molecule has 0 aromatic carbocycles. The number of carbonyl (C=O) groups excluding carboxylic acids is 1. The van der Waals surface area contributed by atoms with Crippen molar-refractivity contribution >= 4 is 34.6 Å². The molecule has 14 heavy (non-hydrogen) atoms. The van der Waals surface area contributed by atoms with E-state index in [9.17, 15) is 4.79 Å². The van der Waals surface area contributed by atoms with Gasteiger partial charge in [-0.1, -0.05) is 18.3 Å². The molecule has 1 amide bonds. The molecule has 0 unspecified atom stereocenters. The van der Waals surface area contributed by atoms with Crippen molar-refractivity contribution in [1.82, 2.24) is 10.2 Å². The second-order valence-corrected chi connectivity index (χ2v) is 4.89. The van der Waals surface area contributed by atoms with Crippen LogP contribution in [0.25, 0.3) is 0 Å². The van der Waals surface area contributed by atoms with Gasteiger partial charge >= 0.3 is 0 Å². The smallest absolute Gasteiger partial charge is 0.228 e. The molecule has 1 aromatic heterocycles. The summed E-state index contributed by atoms with van der Waals surface area (Å²) in [6.45, 7) is 1.86. The lowest BCUT2D eigenvalue weighted by atomic mass is 10.4. The average Bonchev–Trinajstić information content (AvgIpc) is 2.90. The summed E-state index contributed by atoms with van der Waals surface area (Å²) in [7, 11) is 0. The number of aromatic amines is 1. The quantitative estimate of drug-likeness (QED) is 0.808. The van der Waals surface area contributed by atoms with Gasteiger partial charge in [-0.25, -0.2) is 0 Å². The SMILES string of the molecule is CCC(=O)N(c1n[nH]c(=S)s1)C1CC1. The van der Waals surface area contributed by atoms with Crippen LogP contribution in [0.3, 0.4) is 0 Å². The number of aromatic nitrogens is 2. The molecule has 6 heteroatoms. The van der Waals surface area contributed by atoms with Crippen molar-refractivity contribution in [2.75, 3.05) is 4.90 Å². The first-order chi connectivity index (χ1) is 6.72. The van der Waals surface area contributed by atoms with Crippen molar-refractivity contribution in [3.05, 3.63) is 3.95 Å². The van der Waals surface area contributed by atoms with Gasteiger partial charge in [0.15, 0.2) is 3.95 Å². The Morgan fingerprint density at radius 3 is 2.93 bits per heavy atom. The van der Waals surface area contributed by atoms with Crippen LogP contribution in [0.2, 0.25) is 0 Å². The van der Waals surface area contributed by atoms with Crippen LogP contribution in [-0.4, -0.2) is 22.1 Å². The molecule has 0 radical (unpaired) electrons. The number of H-pyrrole nitrogens is 1. The highest BCUT2D eigenvalue weighted by Crippen LogP contribution is 2.33. The maximum atomic E-state index is 11.6. The normalized spacial score (nSPS) is 15.5. The molecule has 1 fully saturated rings. The molecule has 1 N–H and O–H groups in total. The van der Waals surface area contributed by atoms with Gasteiger partial charge in [-0.3, -0.25) is 14.8 Å². The Labute approximate surface area is 90.9 Å². The number of carbonyl (C=O) groups is 1. The summed E-state index contributed by atoms with van der Waals surface area (Å²) < 4.78 is 0.620. The van der Waals surface area contributed by atoms with Gasteiger partial charge in [-0.05, 0) is 25.1 Å². The number of amides is 1. The third kappa shape index (κ3) is 1.85. The highest BCUT2D eigenvalue weighted by atomic mass is 32.1. The molecule has 0 aliphatic heterocycles. The van der Waals surface area contributed by atoms with Gasteiger partial charge in [0.1, 0.15) is 0 Å². The zero-order chi connectivity index (χ0) is 10.1. The third-order valence-electron chi connectivity index (χ3n) is 2.12. The summed E-state index contributed by atoms with van der Waals surface area (Å²) in [6, 6.07) is 0.358. The van der Waals surface area contributed by atoms with E-state index in [0.717, 1.165) is 12.8 Å². The molecule has 0 bridgehead atoms. The Kier molecular flexibility index (Phi) is 2.64. The molecule has 0 saturated heterocycles. The number of anilines is 1. The number of nitrogens with one attached hydrogen (secondary N) is 1.